The van der Waals surface area contributed by atoms with Gasteiger partial charge in [0.25, 0.3) is 0 Å². The average Bonchev–Trinajstić information content (AvgIpc) is 3.31. The molecule has 0 saturated heterocycles. The summed E-state index contributed by atoms with van der Waals surface area (Å²) in [5.41, 5.74) is 3.33. The van der Waals surface area contributed by atoms with Gasteiger partial charge in [-0.15, -0.1) is 0 Å². The van der Waals surface area contributed by atoms with E-state index in [4.69, 9.17) is 4.52 Å². The van der Waals surface area contributed by atoms with E-state index in [2.05, 4.69) is 73.5 Å². The normalized spacial score (nSPS) is 31.0. The third-order valence-electron chi connectivity index (χ3n) is 11.8. The number of rotatable bonds is 13. The van der Waals surface area contributed by atoms with Crippen LogP contribution in [0.5, 0.6) is 0 Å². The number of aromatic nitrogens is 1. The van der Waals surface area contributed by atoms with Crippen molar-refractivity contribution in [2.45, 2.75) is 152 Å². The Labute approximate surface area is 240 Å². The molecule has 1 saturated carbocycles. The highest BCUT2D eigenvalue weighted by Gasteiger charge is 2.58. The van der Waals surface area contributed by atoms with Crippen LogP contribution in [0, 0.1) is 33.0 Å². The summed E-state index contributed by atoms with van der Waals surface area (Å²) in [5.74, 6) is 1.89. The summed E-state index contributed by atoms with van der Waals surface area (Å²) in [6, 6.07) is 0. The summed E-state index contributed by atoms with van der Waals surface area (Å²) in [5, 5.41) is 24.6. The van der Waals surface area contributed by atoms with Gasteiger partial charge in [-0.05, 0) is 104 Å². The number of nitrogens with zero attached hydrogens (tertiary/aromatic N) is 1. The van der Waals surface area contributed by atoms with E-state index in [1.165, 1.54) is 49.7 Å². The Balaban J connectivity index is 1.90. The minimum atomic E-state index is -0.472. The van der Waals surface area contributed by atoms with Gasteiger partial charge in [-0.2, -0.15) is 0 Å². The van der Waals surface area contributed by atoms with Crippen molar-refractivity contribution in [2.75, 3.05) is 6.61 Å². The number of allylic oxidation sites excluding steroid dienone is 1. The summed E-state index contributed by atoms with van der Waals surface area (Å²) in [6.45, 7) is 24.0. The molecule has 1 aromatic rings. The zero-order valence-corrected chi connectivity index (χ0v) is 27.1. The van der Waals surface area contributed by atoms with Crippen molar-refractivity contribution >= 4 is 0 Å². The first-order valence-electron chi connectivity index (χ1n) is 16.0. The number of aliphatic hydroxyl groups is 2. The number of fused-ring (bicyclic) bond motifs is 2. The molecule has 2 N–H and O–H groups in total. The van der Waals surface area contributed by atoms with Crippen LogP contribution in [-0.4, -0.2) is 28.1 Å². The van der Waals surface area contributed by atoms with Crippen molar-refractivity contribution in [3.05, 3.63) is 29.2 Å². The van der Waals surface area contributed by atoms with E-state index < -0.39 is 6.10 Å². The largest absolute Gasteiger partial charge is 0.396 e. The standard InChI is InChI=1S/C35H61NO3/c1-11-14-31(4,5)17-19-33(8,15-12-21-37)20-18-32(6,7)35(10)16-13-28-26(3)30-27(24-36-39-30)23-34(28,9)29(35)22-25(2)38/h22,24-26,28,37-38H,11-21,23H2,1-10H3/b29-22-/t25?,26-,28-,33-,34-,35+/m0/s1. The molecule has 4 heteroatoms. The summed E-state index contributed by atoms with van der Waals surface area (Å²) in [4.78, 5) is 0. The monoisotopic (exact) mass is 543 g/mol. The van der Waals surface area contributed by atoms with Crippen LogP contribution in [0.25, 0.3) is 0 Å². The fourth-order valence-electron chi connectivity index (χ4n) is 8.64. The quantitative estimate of drug-likeness (QED) is 0.243. The second-order valence-electron chi connectivity index (χ2n) is 15.8. The van der Waals surface area contributed by atoms with Gasteiger partial charge in [0.2, 0.25) is 0 Å². The molecule has 4 nitrogen and oxygen atoms in total. The topological polar surface area (TPSA) is 66.5 Å². The first-order valence-corrected chi connectivity index (χ1v) is 16.0. The Bertz CT molecular complexity index is 974. The Hall–Kier alpha value is -1.13. The molecule has 1 heterocycles. The highest BCUT2D eigenvalue weighted by Crippen LogP contribution is 2.66. The van der Waals surface area contributed by atoms with Crippen molar-refractivity contribution in [1.82, 2.24) is 5.16 Å². The molecule has 2 aliphatic carbocycles. The van der Waals surface area contributed by atoms with Crippen molar-refractivity contribution in [1.29, 1.82) is 0 Å². The van der Waals surface area contributed by atoms with Gasteiger partial charge >= 0.3 is 0 Å². The van der Waals surface area contributed by atoms with Crippen molar-refractivity contribution < 1.29 is 14.7 Å². The van der Waals surface area contributed by atoms with E-state index in [9.17, 15) is 10.2 Å². The van der Waals surface area contributed by atoms with Crippen molar-refractivity contribution in [3.8, 4) is 0 Å². The Kier molecular flexibility index (Phi) is 9.97. The third kappa shape index (κ3) is 6.69. The van der Waals surface area contributed by atoms with Gasteiger partial charge in [0.15, 0.2) is 0 Å². The van der Waals surface area contributed by atoms with Gasteiger partial charge in [-0.3, -0.25) is 0 Å². The minimum Gasteiger partial charge on any atom is -0.396 e. The van der Waals surface area contributed by atoms with Crippen LogP contribution in [0.4, 0.5) is 0 Å². The van der Waals surface area contributed by atoms with Gasteiger partial charge in [0, 0.05) is 18.1 Å². The number of hydrogen-bond donors (Lipinski definition) is 2. The van der Waals surface area contributed by atoms with Crippen LogP contribution in [0.1, 0.15) is 151 Å². The van der Waals surface area contributed by atoms with E-state index >= 15 is 0 Å². The molecule has 0 amide bonds. The van der Waals surface area contributed by atoms with Gasteiger partial charge in [-0.25, -0.2) is 0 Å². The molecule has 0 aromatic carbocycles. The molecule has 1 unspecified atom stereocenters. The van der Waals surface area contributed by atoms with E-state index in [1.807, 2.05) is 13.1 Å². The Morgan fingerprint density at radius 3 is 2.36 bits per heavy atom. The second-order valence-corrected chi connectivity index (χ2v) is 15.8. The smallest absolute Gasteiger partial charge is 0.143 e. The van der Waals surface area contributed by atoms with E-state index in [0.29, 0.717) is 17.3 Å². The summed E-state index contributed by atoms with van der Waals surface area (Å²) >= 11 is 0. The maximum atomic E-state index is 10.7. The van der Waals surface area contributed by atoms with E-state index in [0.717, 1.165) is 37.9 Å². The zero-order valence-electron chi connectivity index (χ0n) is 27.1. The molecule has 0 bridgehead atoms. The molecule has 2 aliphatic rings. The lowest BCUT2D eigenvalue weighted by atomic mass is 9.43. The fourth-order valence-corrected chi connectivity index (χ4v) is 8.64. The summed E-state index contributed by atoms with van der Waals surface area (Å²) in [6.07, 6.45) is 16.1. The van der Waals surface area contributed by atoms with Gasteiger partial charge in [-0.1, -0.05) is 85.5 Å². The number of aliphatic hydroxyl groups excluding tert-OH is 2. The molecule has 3 rings (SSSR count). The highest BCUT2D eigenvalue weighted by atomic mass is 16.5. The first-order chi connectivity index (χ1) is 18.0. The SMILES string of the molecule is CCCC(C)(C)CC[C@](C)(CCCO)CCC(C)(C)[C@]1(C)CC[C@H]2[C@H](C)c3oncc3C[C@]2(C)/C1=C/C(C)O. The van der Waals surface area contributed by atoms with Gasteiger partial charge in [0.1, 0.15) is 5.76 Å². The molecule has 0 radical (unpaired) electrons. The van der Waals surface area contributed by atoms with E-state index in [-0.39, 0.29) is 28.3 Å². The third-order valence-corrected chi connectivity index (χ3v) is 11.8. The molecule has 6 atom stereocenters. The molecule has 39 heavy (non-hydrogen) atoms. The second kappa shape index (κ2) is 12.0. The van der Waals surface area contributed by atoms with Crippen molar-refractivity contribution in [3.63, 3.8) is 0 Å². The Morgan fingerprint density at radius 1 is 1.08 bits per heavy atom. The minimum absolute atomic E-state index is 0.0109. The molecular formula is C35H61NO3. The summed E-state index contributed by atoms with van der Waals surface area (Å²) in [7, 11) is 0. The van der Waals surface area contributed by atoms with Crippen LogP contribution in [0.3, 0.4) is 0 Å². The van der Waals surface area contributed by atoms with Crippen LogP contribution in [0.2, 0.25) is 0 Å². The number of hydrogen-bond acceptors (Lipinski definition) is 4. The molecule has 0 aliphatic heterocycles. The van der Waals surface area contributed by atoms with Gasteiger partial charge < -0.3 is 14.7 Å². The maximum absolute atomic E-state index is 10.7. The Morgan fingerprint density at radius 2 is 1.74 bits per heavy atom. The van der Waals surface area contributed by atoms with Crippen LogP contribution >= 0.6 is 0 Å². The van der Waals surface area contributed by atoms with E-state index in [1.54, 1.807) is 0 Å². The molecule has 0 spiro atoms. The van der Waals surface area contributed by atoms with Gasteiger partial charge in [0.05, 0.1) is 12.3 Å². The average molecular weight is 544 g/mol. The molecule has 224 valence electrons. The predicted octanol–water partition coefficient (Wildman–Crippen LogP) is 9.26. The zero-order chi connectivity index (χ0) is 29.3. The molecule has 1 aromatic heterocycles. The molecular weight excluding hydrogens is 482 g/mol. The fraction of sp³-hybridized carbons (Fsp3) is 0.857. The predicted molar refractivity (Wildman–Crippen MR) is 163 cm³/mol. The van der Waals surface area contributed by atoms with Crippen LogP contribution in [-0.2, 0) is 6.42 Å². The lowest BCUT2D eigenvalue weighted by molar-refractivity contribution is -0.00945. The lowest BCUT2D eigenvalue weighted by Crippen LogP contribution is -2.52. The van der Waals surface area contributed by atoms with Crippen LogP contribution < -0.4 is 0 Å². The maximum Gasteiger partial charge on any atom is 0.143 e. The molecule has 1 fully saturated rings. The first kappa shape index (κ1) is 32.4. The summed E-state index contributed by atoms with van der Waals surface area (Å²) < 4.78 is 5.73. The lowest BCUT2D eigenvalue weighted by Gasteiger charge is -2.60. The van der Waals surface area contributed by atoms with Crippen molar-refractivity contribution in [2.24, 2.45) is 33.0 Å². The van der Waals surface area contributed by atoms with Crippen LogP contribution in [0.15, 0.2) is 22.4 Å². The highest BCUT2D eigenvalue weighted by molar-refractivity contribution is 5.37.